The van der Waals surface area contributed by atoms with Gasteiger partial charge in [-0.25, -0.2) is 0 Å². The number of allylic oxidation sites excluding steroid dienone is 4. The van der Waals surface area contributed by atoms with Crippen LogP contribution in [0.3, 0.4) is 0 Å². The number of ketones is 1. The van der Waals surface area contributed by atoms with E-state index < -0.39 is 0 Å². The summed E-state index contributed by atoms with van der Waals surface area (Å²) >= 11 is 0. The van der Waals surface area contributed by atoms with Crippen LogP contribution in [-0.4, -0.2) is 5.78 Å². The smallest absolute Gasteiger partial charge is 0.155 e. The van der Waals surface area contributed by atoms with Crippen molar-refractivity contribution in [2.45, 2.75) is 72.1 Å². The summed E-state index contributed by atoms with van der Waals surface area (Å²) < 4.78 is 0. The highest BCUT2D eigenvalue weighted by Crippen LogP contribution is 2.74. The van der Waals surface area contributed by atoms with E-state index in [0.717, 1.165) is 30.6 Å². The predicted octanol–water partition coefficient (Wildman–Crippen LogP) is 5.46. The molecule has 0 amide bonds. The molecule has 3 fully saturated rings. The lowest BCUT2D eigenvalue weighted by molar-refractivity contribution is -0.118. The molecule has 5 atom stereocenters. The van der Waals surface area contributed by atoms with E-state index in [1.165, 1.54) is 38.5 Å². The summed E-state index contributed by atoms with van der Waals surface area (Å²) in [6.07, 6.45) is 14.7. The Bertz CT molecular complexity index is 649. The molecule has 5 rings (SSSR count). The van der Waals surface area contributed by atoms with Gasteiger partial charge in [0.2, 0.25) is 0 Å². The summed E-state index contributed by atoms with van der Waals surface area (Å²) in [5.41, 5.74) is 4.48. The number of carbonyl (C=O) groups excluding carboxylic acids is 1. The normalized spacial score (nSPS) is 49.9. The number of fused-ring (bicyclic) bond motifs is 6. The lowest BCUT2D eigenvalue weighted by Crippen LogP contribution is -2.52. The standard InChI is InChI=1S/C22H30O/c1-14-4-5-17-16-13-22(10-11-22)19-12-15(23)6-8-21(19,3)18(16)7-9-20(14,17)2/h4,12,16-18H,5-11,13H2,1-3H3/t16-,17-,18-,20+,21+/m0/s1. The van der Waals surface area contributed by atoms with Crippen LogP contribution in [0.4, 0.5) is 0 Å². The van der Waals surface area contributed by atoms with Crippen molar-refractivity contribution in [3.05, 3.63) is 23.3 Å². The molecule has 23 heavy (non-hydrogen) atoms. The minimum absolute atomic E-state index is 0.325. The van der Waals surface area contributed by atoms with Crippen molar-refractivity contribution in [2.24, 2.45) is 34.0 Å². The van der Waals surface area contributed by atoms with Crippen LogP contribution in [-0.2, 0) is 4.79 Å². The van der Waals surface area contributed by atoms with E-state index in [-0.39, 0.29) is 0 Å². The third-order valence-corrected chi connectivity index (χ3v) is 9.09. The van der Waals surface area contributed by atoms with Gasteiger partial charge in [0.15, 0.2) is 5.78 Å². The largest absolute Gasteiger partial charge is 0.295 e. The van der Waals surface area contributed by atoms with Gasteiger partial charge < -0.3 is 0 Å². The van der Waals surface area contributed by atoms with Crippen molar-refractivity contribution >= 4 is 5.78 Å². The molecular formula is C22H30O. The fraction of sp³-hybridized carbons (Fsp3) is 0.773. The van der Waals surface area contributed by atoms with Crippen LogP contribution in [0.5, 0.6) is 0 Å². The Morgan fingerprint density at radius 2 is 1.83 bits per heavy atom. The summed E-state index contributed by atoms with van der Waals surface area (Å²) in [6.45, 7) is 7.45. The third kappa shape index (κ3) is 1.67. The van der Waals surface area contributed by atoms with Gasteiger partial charge in [-0.2, -0.15) is 0 Å². The third-order valence-electron chi connectivity index (χ3n) is 9.09. The average Bonchev–Trinajstić information content (AvgIpc) is 3.21. The van der Waals surface area contributed by atoms with E-state index in [0.29, 0.717) is 22.0 Å². The van der Waals surface area contributed by atoms with Crippen LogP contribution >= 0.6 is 0 Å². The van der Waals surface area contributed by atoms with Crippen molar-refractivity contribution < 1.29 is 4.79 Å². The first kappa shape index (κ1) is 14.5. The number of hydrogen-bond acceptors (Lipinski definition) is 1. The lowest BCUT2D eigenvalue weighted by atomic mass is 9.44. The highest BCUT2D eigenvalue weighted by molar-refractivity contribution is 5.92. The monoisotopic (exact) mass is 310 g/mol. The maximum Gasteiger partial charge on any atom is 0.155 e. The molecule has 1 nitrogen and oxygen atoms in total. The highest BCUT2D eigenvalue weighted by Gasteiger charge is 2.65. The molecule has 0 N–H and O–H groups in total. The first-order chi connectivity index (χ1) is 10.9. The molecule has 0 aromatic carbocycles. The zero-order valence-corrected chi connectivity index (χ0v) is 15.0. The summed E-state index contributed by atoms with van der Waals surface area (Å²) in [5.74, 6) is 2.99. The van der Waals surface area contributed by atoms with Gasteiger partial charge in [-0.3, -0.25) is 4.79 Å². The number of carbonyl (C=O) groups is 1. The summed E-state index contributed by atoms with van der Waals surface area (Å²) in [7, 11) is 0. The van der Waals surface area contributed by atoms with E-state index in [2.05, 4.69) is 32.9 Å². The van der Waals surface area contributed by atoms with Crippen LogP contribution in [0.2, 0.25) is 0 Å². The van der Waals surface area contributed by atoms with Gasteiger partial charge in [0.05, 0.1) is 0 Å². The average molecular weight is 310 g/mol. The molecule has 124 valence electrons. The summed E-state index contributed by atoms with van der Waals surface area (Å²) in [4.78, 5) is 12.1. The van der Waals surface area contributed by atoms with Crippen molar-refractivity contribution in [1.82, 2.24) is 0 Å². The minimum Gasteiger partial charge on any atom is -0.295 e. The second-order valence-corrected chi connectivity index (χ2v) is 9.88. The molecule has 0 aliphatic heterocycles. The van der Waals surface area contributed by atoms with E-state index in [9.17, 15) is 4.79 Å². The molecule has 3 saturated carbocycles. The van der Waals surface area contributed by atoms with Crippen molar-refractivity contribution in [3.63, 3.8) is 0 Å². The Kier molecular flexibility index (Phi) is 2.65. The zero-order chi connectivity index (χ0) is 16.0. The van der Waals surface area contributed by atoms with Crippen LogP contribution in [0.25, 0.3) is 0 Å². The second-order valence-electron chi connectivity index (χ2n) is 9.88. The van der Waals surface area contributed by atoms with Gasteiger partial charge in [0.25, 0.3) is 0 Å². The minimum atomic E-state index is 0.325. The molecular weight excluding hydrogens is 280 g/mol. The van der Waals surface area contributed by atoms with Crippen LogP contribution in [0.15, 0.2) is 23.3 Å². The van der Waals surface area contributed by atoms with Crippen molar-refractivity contribution in [2.75, 3.05) is 0 Å². The highest BCUT2D eigenvalue weighted by atomic mass is 16.1. The molecule has 1 heteroatoms. The molecule has 0 radical (unpaired) electrons. The Balaban J connectivity index is 1.59. The molecule has 5 aliphatic carbocycles. The fourth-order valence-corrected chi connectivity index (χ4v) is 7.39. The van der Waals surface area contributed by atoms with E-state index in [1.54, 1.807) is 11.1 Å². The van der Waals surface area contributed by atoms with Gasteiger partial charge in [0.1, 0.15) is 0 Å². The summed E-state index contributed by atoms with van der Waals surface area (Å²) in [6, 6.07) is 0. The van der Waals surface area contributed by atoms with Gasteiger partial charge in [-0.15, -0.1) is 0 Å². The second kappa shape index (κ2) is 4.21. The number of hydrogen-bond donors (Lipinski definition) is 0. The lowest BCUT2D eigenvalue weighted by Gasteiger charge is -2.60. The van der Waals surface area contributed by atoms with Gasteiger partial charge in [-0.1, -0.05) is 31.1 Å². The molecule has 0 aromatic heterocycles. The maximum absolute atomic E-state index is 12.1. The van der Waals surface area contributed by atoms with Gasteiger partial charge in [-0.05, 0) is 91.9 Å². The Hall–Kier alpha value is -0.850. The molecule has 5 aliphatic rings. The Labute approximate surface area is 140 Å². The van der Waals surface area contributed by atoms with Crippen LogP contribution in [0.1, 0.15) is 72.1 Å². The van der Waals surface area contributed by atoms with E-state index in [1.807, 2.05) is 0 Å². The Morgan fingerprint density at radius 3 is 2.57 bits per heavy atom. The van der Waals surface area contributed by atoms with Crippen LogP contribution in [0, 0.1) is 34.0 Å². The van der Waals surface area contributed by atoms with Crippen molar-refractivity contribution in [3.8, 4) is 0 Å². The molecule has 0 unspecified atom stereocenters. The molecule has 0 aromatic rings. The Morgan fingerprint density at radius 1 is 1.04 bits per heavy atom. The zero-order valence-electron chi connectivity index (χ0n) is 15.0. The topological polar surface area (TPSA) is 17.1 Å². The summed E-state index contributed by atoms with van der Waals surface area (Å²) in [5, 5.41) is 0. The maximum atomic E-state index is 12.1. The SMILES string of the molecule is CC1=CC[C@H]2[C@@H]3CC4(CC4)C4=CC(=O)CC[C@]4(C)[C@H]3CC[C@]12C. The van der Waals surface area contributed by atoms with Gasteiger partial charge in [0, 0.05) is 6.42 Å². The molecule has 0 saturated heterocycles. The molecule has 0 bridgehead atoms. The first-order valence-corrected chi connectivity index (χ1v) is 9.82. The first-order valence-electron chi connectivity index (χ1n) is 9.82. The van der Waals surface area contributed by atoms with Crippen molar-refractivity contribution in [1.29, 1.82) is 0 Å². The quantitative estimate of drug-likeness (QED) is 0.543. The molecule has 0 heterocycles. The predicted molar refractivity (Wildman–Crippen MR) is 92.9 cm³/mol. The van der Waals surface area contributed by atoms with E-state index in [4.69, 9.17) is 0 Å². The molecule has 1 spiro atoms. The number of rotatable bonds is 0. The fourth-order valence-electron chi connectivity index (χ4n) is 7.39. The van der Waals surface area contributed by atoms with Gasteiger partial charge >= 0.3 is 0 Å². The van der Waals surface area contributed by atoms with E-state index >= 15 is 0 Å². The van der Waals surface area contributed by atoms with Crippen LogP contribution < -0.4 is 0 Å².